The van der Waals surface area contributed by atoms with Crippen molar-refractivity contribution in [2.24, 2.45) is 11.1 Å². The number of rotatable bonds is 5. The lowest BCUT2D eigenvalue weighted by atomic mass is 9.94. The number of benzene rings is 1. The normalized spacial score (nSPS) is 21.3. The summed E-state index contributed by atoms with van der Waals surface area (Å²) in [5.74, 6) is -0.620. The molecular weight excluding hydrogens is 467 g/mol. The molecule has 0 radical (unpaired) electrons. The molecule has 2 unspecified atom stereocenters. The Hall–Kier alpha value is -3.60. The maximum absolute atomic E-state index is 15.2. The van der Waals surface area contributed by atoms with Crippen LogP contribution in [0, 0.1) is 11.2 Å². The number of nitrogens with zero attached hydrogens (tertiary/aromatic N) is 5. The van der Waals surface area contributed by atoms with Crippen molar-refractivity contribution in [1.29, 1.82) is 0 Å². The quantitative estimate of drug-likeness (QED) is 0.627. The number of piperazine rings is 1. The van der Waals surface area contributed by atoms with E-state index in [-0.39, 0.29) is 24.6 Å². The average Bonchev–Trinajstić information content (AvgIpc) is 3.24. The Labute approximate surface area is 209 Å². The average molecular weight is 500 g/mol. The molecule has 4 rings (SSSR count). The van der Waals surface area contributed by atoms with Crippen molar-refractivity contribution in [3.05, 3.63) is 36.4 Å². The summed E-state index contributed by atoms with van der Waals surface area (Å²) in [6.07, 6.45) is 2.46. The van der Waals surface area contributed by atoms with Crippen LogP contribution in [0.5, 0.6) is 0 Å². The zero-order valence-corrected chi connectivity index (χ0v) is 21.0. The van der Waals surface area contributed by atoms with Gasteiger partial charge < -0.3 is 20.3 Å². The Morgan fingerprint density at radius 2 is 1.78 bits per heavy atom. The Bertz CT molecular complexity index is 1170. The number of primary amides is 1. The SMILES string of the molecule is CC(C(N)=O)[N+]1(c2ccc(-c3cnc(N4CCN(C(=O)C(C)(C)C)CC4)nc3)c(F)c2)CCOC1=O. The Balaban J connectivity index is 1.51. The molecule has 0 bridgehead atoms. The van der Waals surface area contributed by atoms with E-state index in [0.717, 1.165) is 0 Å². The maximum atomic E-state index is 15.2. The third-order valence-corrected chi connectivity index (χ3v) is 6.92. The van der Waals surface area contributed by atoms with Crippen molar-refractivity contribution in [1.82, 2.24) is 19.4 Å². The lowest BCUT2D eigenvalue weighted by Gasteiger charge is -2.37. The molecular formula is C25H32FN6O4+. The molecule has 3 amide bonds. The molecule has 0 saturated carbocycles. The zero-order chi connectivity index (χ0) is 26.3. The van der Waals surface area contributed by atoms with E-state index in [1.807, 2.05) is 30.6 Å². The Morgan fingerprint density at radius 1 is 1.14 bits per heavy atom. The molecule has 2 aliphatic rings. The molecule has 2 saturated heterocycles. The highest BCUT2D eigenvalue weighted by atomic mass is 19.1. The first-order valence-corrected chi connectivity index (χ1v) is 12.0. The summed E-state index contributed by atoms with van der Waals surface area (Å²) < 4.78 is 19.9. The summed E-state index contributed by atoms with van der Waals surface area (Å²) >= 11 is 0. The van der Waals surface area contributed by atoms with Crippen LogP contribution in [-0.2, 0) is 14.3 Å². The van der Waals surface area contributed by atoms with Gasteiger partial charge in [-0.15, -0.1) is 0 Å². The Morgan fingerprint density at radius 3 is 2.28 bits per heavy atom. The number of anilines is 1. The molecule has 2 fully saturated rings. The highest BCUT2D eigenvalue weighted by Crippen LogP contribution is 2.35. The van der Waals surface area contributed by atoms with Gasteiger partial charge in [0.1, 0.15) is 24.7 Å². The molecule has 10 nitrogen and oxygen atoms in total. The number of ether oxygens (including phenoxy) is 1. The summed E-state index contributed by atoms with van der Waals surface area (Å²) in [4.78, 5) is 49.7. The summed E-state index contributed by atoms with van der Waals surface area (Å²) in [7, 11) is 0. The number of halogens is 1. The maximum Gasteiger partial charge on any atom is 0.522 e. The highest BCUT2D eigenvalue weighted by molar-refractivity contribution is 5.93. The number of nitrogens with two attached hydrogens (primary N) is 1. The molecule has 192 valence electrons. The van der Waals surface area contributed by atoms with Gasteiger partial charge in [0.25, 0.3) is 5.91 Å². The Kier molecular flexibility index (Phi) is 6.70. The van der Waals surface area contributed by atoms with Crippen LogP contribution in [-0.4, -0.2) is 78.1 Å². The second kappa shape index (κ2) is 9.45. The van der Waals surface area contributed by atoms with Gasteiger partial charge in [-0.05, 0) is 13.0 Å². The fourth-order valence-corrected chi connectivity index (χ4v) is 4.70. The molecule has 3 heterocycles. The first-order chi connectivity index (χ1) is 16.9. The third kappa shape index (κ3) is 4.50. The van der Waals surface area contributed by atoms with E-state index in [1.165, 1.54) is 13.0 Å². The number of hydrogen-bond donors (Lipinski definition) is 1. The topological polar surface area (TPSA) is 119 Å². The van der Waals surface area contributed by atoms with E-state index in [2.05, 4.69) is 9.97 Å². The van der Waals surface area contributed by atoms with E-state index >= 15 is 4.39 Å². The van der Waals surface area contributed by atoms with Crippen molar-refractivity contribution >= 4 is 29.5 Å². The molecule has 11 heteroatoms. The lowest BCUT2D eigenvalue weighted by molar-refractivity contribution is -0.139. The minimum Gasteiger partial charge on any atom is -0.414 e. The third-order valence-electron chi connectivity index (χ3n) is 6.92. The van der Waals surface area contributed by atoms with Crippen molar-refractivity contribution in [2.45, 2.75) is 33.7 Å². The van der Waals surface area contributed by atoms with Crippen LogP contribution in [0.2, 0.25) is 0 Å². The number of amides is 3. The van der Waals surface area contributed by atoms with Gasteiger partial charge in [-0.1, -0.05) is 20.8 Å². The van der Waals surface area contributed by atoms with Crippen LogP contribution in [0.15, 0.2) is 30.6 Å². The minimum absolute atomic E-state index is 0.119. The predicted molar refractivity (Wildman–Crippen MR) is 132 cm³/mol. The second-order valence-electron chi connectivity index (χ2n) is 10.3. The molecule has 2 atom stereocenters. The van der Waals surface area contributed by atoms with Crippen molar-refractivity contribution in [2.75, 3.05) is 44.2 Å². The van der Waals surface area contributed by atoms with Crippen molar-refractivity contribution in [3.8, 4) is 11.1 Å². The standard InChI is InChI=1S/C25H31FN6O4/c1-16(21(27)33)32(11-12-36-24(32)35)18-5-6-19(20(26)13-18)17-14-28-23(29-15-17)31-9-7-30(8-10-31)22(34)25(2,3)4/h5-6,13-16H,7-12H2,1-4H3,(H-,27,33)/p+1. The van der Waals surface area contributed by atoms with Gasteiger partial charge in [-0.25, -0.2) is 14.4 Å². The van der Waals surface area contributed by atoms with Gasteiger partial charge in [0, 0.05) is 67.2 Å². The molecule has 0 aliphatic carbocycles. The van der Waals surface area contributed by atoms with Crippen LogP contribution >= 0.6 is 0 Å². The van der Waals surface area contributed by atoms with E-state index < -0.39 is 33.8 Å². The number of quaternary nitrogens is 1. The zero-order valence-electron chi connectivity index (χ0n) is 21.0. The summed E-state index contributed by atoms with van der Waals surface area (Å²) in [6, 6.07) is 3.47. The molecule has 1 aromatic heterocycles. The van der Waals surface area contributed by atoms with E-state index in [9.17, 15) is 14.4 Å². The van der Waals surface area contributed by atoms with E-state index in [4.69, 9.17) is 10.5 Å². The fraction of sp³-hybridized carbons (Fsp3) is 0.480. The number of cyclic esters (lactones) is 1. The van der Waals surface area contributed by atoms with Gasteiger partial charge in [0.2, 0.25) is 11.9 Å². The first-order valence-electron chi connectivity index (χ1n) is 12.0. The predicted octanol–water partition coefficient (Wildman–Crippen LogP) is 2.31. The largest absolute Gasteiger partial charge is 0.522 e. The van der Waals surface area contributed by atoms with Crippen LogP contribution in [0.3, 0.4) is 0 Å². The van der Waals surface area contributed by atoms with Crippen molar-refractivity contribution in [3.63, 3.8) is 0 Å². The second-order valence-corrected chi connectivity index (χ2v) is 10.3. The smallest absolute Gasteiger partial charge is 0.414 e. The van der Waals surface area contributed by atoms with E-state index in [1.54, 1.807) is 24.5 Å². The van der Waals surface area contributed by atoms with Crippen molar-refractivity contribution < 1.29 is 23.5 Å². The van der Waals surface area contributed by atoms with Crippen LogP contribution < -0.4 is 15.1 Å². The fourth-order valence-electron chi connectivity index (χ4n) is 4.70. The minimum atomic E-state index is -0.910. The van der Waals surface area contributed by atoms with Crippen LogP contribution in [0.1, 0.15) is 27.7 Å². The molecule has 36 heavy (non-hydrogen) atoms. The molecule has 0 spiro atoms. The number of carbonyl (C=O) groups is 3. The first kappa shape index (κ1) is 25.5. The number of aromatic nitrogens is 2. The summed E-state index contributed by atoms with van der Waals surface area (Å²) in [5, 5.41) is 0. The highest BCUT2D eigenvalue weighted by Gasteiger charge is 2.53. The van der Waals surface area contributed by atoms with Gasteiger partial charge >= 0.3 is 6.09 Å². The molecule has 1 aromatic carbocycles. The number of hydrogen-bond acceptors (Lipinski definition) is 7. The van der Waals surface area contributed by atoms with Gasteiger partial charge in [-0.2, -0.15) is 9.28 Å². The van der Waals surface area contributed by atoms with Gasteiger partial charge in [-0.3, -0.25) is 9.59 Å². The van der Waals surface area contributed by atoms with Gasteiger partial charge in [0.15, 0.2) is 6.04 Å². The molecule has 2 N–H and O–H groups in total. The molecule has 2 aromatic rings. The lowest BCUT2D eigenvalue weighted by Crippen LogP contribution is -2.61. The molecule has 2 aliphatic heterocycles. The van der Waals surface area contributed by atoms with Crippen LogP contribution in [0.4, 0.5) is 20.8 Å². The summed E-state index contributed by atoms with van der Waals surface area (Å²) in [5.41, 5.74) is 6.10. The van der Waals surface area contributed by atoms with Gasteiger partial charge in [0.05, 0.1) is 0 Å². The summed E-state index contributed by atoms with van der Waals surface area (Å²) in [6.45, 7) is 9.96. The van der Waals surface area contributed by atoms with E-state index in [0.29, 0.717) is 43.4 Å². The van der Waals surface area contributed by atoms with Crippen LogP contribution in [0.25, 0.3) is 11.1 Å². The number of carbonyl (C=O) groups excluding carboxylic acids is 3. The monoisotopic (exact) mass is 499 g/mol.